The zero-order chi connectivity index (χ0) is 17.6. The maximum Gasteiger partial charge on any atom is 0.238 e. The van der Waals surface area contributed by atoms with E-state index in [1.54, 1.807) is 0 Å². The van der Waals surface area contributed by atoms with Crippen LogP contribution in [0.1, 0.15) is 46.5 Å². The summed E-state index contributed by atoms with van der Waals surface area (Å²) in [4.78, 5) is 14.4. The quantitative estimate of drug-likeness (QED) is 0.684. The van der Waals surface area contributed by atoms with Gasteiger partial charge in [-0.3, -0.25) is 4.79 Å². The van der Waals surface area contributed by atoms with Crippen LogP contribution in [-0.4, -0.2) is 42.3 Å². The molecule has 0 aliphatic heterocycles. The lowest BCUT2D eigenvalue weighted by molar-refractivity contribution is -0.115. The van der Waals surface area contributed by atoms with Gasteiger partial charge in [-0.2, -0.15) is 0 Å². The van der Waals surface area contributed by atoms with Gasteiger partial charge in [-0.25, -0.2) is 0 Å². The van der Waals surface area contributed by atoms with Crippen LogP contribution < -0.4 is 15.5 Å². The van der Waals surface area contributed by atoms with Crippen molar-refractivity contribution >= 4 is 17.3 Å². The molecule has 0 unspecified atom stereocenters. The first-order valence-electron chi connectivity index (χ1n) is 9.02. The van der Waals surface area contributed by atoms with Gasteiger partial charge in [-0.1, -0.05) is 12.8 Å². The molecule has 134 valence electrons. The van der Waals surface area contributed by atoms with Crippen LogP contribution in [0.3, 0.4) is 0 Å². The summed E-state index contributed by atoms with van der Waals surface area (Å²) < 4.78 is 0. The average molecular weight is 333 g/mol. The minimum absolute atomic E-state index is 0.0707. The first-order chi connectivity index (χ1) is 11.5. The SMILES string of the molecule is CCN(c1ccc(NC(=O)CNC2(CO)CCCC2)cc1)C(C)C. The summed E-state index contributed by atoms with van der Waals surface area (Å²) in [6.45, 7) is 7.76. The Labute approximate surface area is 145 Å². The third-order valence-corrected chi connectivity index (χ3v) is 4.93. The Morgan fingerprint density at radius 2 is 1.88 bits per heavy atom. The molecule has 0 saturated heterocycles. The molecule has 1 aliphatic rings. The fourth-order valence-corrected chi connectivity index (χ4v) is 3.50. The second kappa shape index (κ2) is 8.49. The molecular formula is C19H31N3O2. The number of hydrogen-bond acceptors (Lipinski definition) is 4. The molecule has 1 saturated carbocycles. The van der Waals surface area contributed by atoms with E-state index in [0.717, 1.165) is 43.6 Å². The molecule has 1 aliphatic carbocycles. The van der Waals surface area contributed by atoms with Crippen molar-refractivity contribution in [3.63, 3.8) is 0 Å². The molecule has 1 aromatic rings. The van der Waals surface area contributed by atoms with E-state index in [1.807, 2.05) is 24.3 Å². The lowest BCUT2D eigenvalue weighted by atomic mass is 9.99. The van der Waals surface area contributed by atoms with Crippen molar-refractivity contribution in [2.45, 2.75) is 58.0 Å². The third-order valence-electron chi connectivity index (χ3n) is 4.93. The van der Waals surface area contributed by atoms with E-state index in [2.05, 4.69) is 36.3 Å². The Kier molecular flexibility index (Phi) is 6.63. The predicted molar refractivity (Wildman–Crippen MR) is 99.5 cm³/mol. The third kappa shape index (κ3) is 4.71. The Hall–Kier alpha value is -1.59. The van der Waals surface area contributed by atoms with E-state index < -0.39 is 0 Å². The van der Waals surface area contributed by atoms with E-state index in [0.29, 0.717) is 6.04 Å². The molecule has 24 heavy (non-hydrogen) atoms. The lowest BCUT2D eigenvalue weighted by Crippen LogP contribution is -2.49. The molecule has 1 fully saturated rings. The maximum absolute atomic E-state index is 12.1. The van der Waals surface area contributed by atoms with Gasteiger partial charge in [0.05, 0.1) is 13.2 Å². The number of carbonyl (C=O) groups excluding carboxylic acids is 1. The van der Waals surface area contributed by atoms with Gasteiger partial charge in [-0.15, -0.1) is 0 Å². The second-order valence-electron chi connectivity index (χ2n) is 6.97. The van der Waals surface area contributed by atoms with Crippen LogP contribution in [0, 0.1) is 0 Å². The smallest absolute Gasteiger partial charge is 0.238 e. The van der Waals surface area contributed by atoms with Crippen molar-refractivity contribution in [2.75, 3.05) is 29.9 Å². The molecule has 2 rings (SSSR count). The summed E-state index contributed by atoms with van der Waals surface area (Å²) in [5, 5.41) is 15.7. The van der Waals surface area contributed by atoms with Crippen molar-refractivity contribution in [1.29, 1.82) is 0 Å². The molecule has 1 amide bonds. The minimum Gasteiger partial charge on any atom is -0.394 e. The highest BCUT2D eigenvalue weighted by molar-refractivity contribution is 5.92. The summed E-state index contributed by atoms with van der Waals surface area (Å²) >= 11 is 0. The summed E-state index contributed by atoms with van der Waals surface area (Å²) in [6.07, 6.45) is 4.10. The van der Waals surface area contributed by atoms with Gasteiger partial charge in [0.1, 0.15) is 0 Å². The van der Waals surface area contributed by atoms with E-state index in [-0.39, 0.29) is 24.6 Å². The molecule has 0 radical (unpaired) electrons. The van der Waals surface area contributed by atoms with Crippen molar-refractivity contribution in [3.05, 3.63) is 24.3 Å². The molecule has 0 spiro atoms. The fraction of sp³-hybridized carbons (Fsp3) is 0.632. The molecule has 3 N–H and O–H groups in total. The first kappa shape index (κ1) is 18.7. The maximum atomic E-state index is 12.1. The predicted octanol–water partition coefficient (Wildman–Crippen LogP) is 2.75. The molecule has 0 aromatic heterocycles. The van der Waals surface area contributed by atoms with E-state index in [1.165, 1.54) is 0 Å². The van der Waals surface area contributed by atoms with Crippen LogP contribution >= 0.6 is 0 Å². The van der Waals surface area contributed by atoms with Crippen molar-refractivity contribution in [3.8, 4) is 0 Å². The number of anilines is 2. The number of carbonyl (C=O) groups is 1. The van der Waals surface area contributed by atoms with Gasteiger partial charge in [-0.05, 0) is 57.9 Å². The Balaban J connectivity index is 1.88. The summed E-state index contributed by atoms with van der Waals surface area (Å²) in [6, 6.07) is 8.41. The molecule has 5 heteroatoms. The highest BCUT2D eigenvalue weighted by atomic mass is 16.3. The van der Waals surface area contributed by atoms with Crippen LogP contribution in [0.5, 0.6) is 0 Å². The second-order valence-corrected chi connectivity index (χ2v) is 6.97. The van der Waals surface area contributed by atoms with Crippen molar-refractivity contribution < 1.29 is 9.90 Å². The fourth-order valence-electron chi connectivity index (χ4n) is 3.50. The zero-order valence-corrected chi connectivity index (χ0v) is 15.1. The van der Waals surface area contributed by atoms with E-state index in [4.69, 9.17) is 0 Å². The highest BCUT2D eigenvalue weighted by Gasteiger charge is 2.32. The normalized spacial score (nSPS) is 16.4. The molecular weight excluding hydrogens is 302 g/mol. The number of hydrogen-bond donors (Lipinski definition) is 3. The van der Waals surface area contributed by atoms with Crippen LogP contribution in [-0.2, 0) is 4.79 Å². The Bertz CT molecular complexity index is 522. The summed E-state index contributed by atoms with van der Waals surface area (Å²) in [5.41, 5.74) is 1.70. The van der Waals surface area contributed by atoms with Gasteiger partial charge < -0.3 is 20.6 Å². The summed E-state index contributed by atoms with van der Waals surface area (Å²) in [5.74, 6) is -0.0707. The van der Waals surface area contributed by atoms with Crippen molar-refractivity contribution in [2.24, 2.45) is 0 Å². The molecule has 1 aromatic carbocycles. The van der Waals surface area contributed by atoms with Gasteiger partial charge in [0, 0.05) is 29.5 Å². The van der Waals surface area contributed by atoms with Crippen molar-refractivity contribution in [1.82, 2.24) is 5.32 Å². The zero-order valence-electron chi connectivity index (χ0n) is 15.1. The monoisotopic (exact) mass is 333 g/mol. The Morgan fingerprint density at radius 3 is 2.38 bits per heavy atom. The number of nitrogens with zero attached hydrogens (tertiary/aromatic N) is 1. The standard InChI is InChI=1S/C19H31N3O2/c1-4-22(15(2)3)17-9-7-16(8-10-17)21-18(24)13-20-19(14-23)11-5-6-12-19/h7-10,15,20,23H,4-6,11-14H2,1-3H3,(H,21,24). The lowest BCUT2D eigenvalue weighted by Gasteiger charge is -2.28. The van der Waals surface area contributed by atoms with Crippen LogP contribution in [0.4, 0.5) is 11.4 Å². The van der Waals surface area contributed by atoms with E-state index in [9.17, 15) is 9.90 Å². The van der Waals surface area contributed by atoms with Gasteiger partial charge in [0.2, 0.25) is 5.91 Å². The molecule has 0 heterocycles. The average Bonchev–Trinajstić information content (AvgIpc) is 3.04. The summed E-state index contributed by atoms with van der Waals surface area (Å²) in [7, 11) is 0. The highest BCUT2D eigenvalue weighted by Crippen LogP contribution is 2.28. The van der Waals surface area contributed by atoms with Gasteiger partial charge >= 0.3 is 0 Å². The van der Waals surface area contributed by atoms with Gasteiger partial charge in [0.25, 0.3) is 0 Å². The topological polar surface area (TPSA) is 64.6 Å². The van der Waals surface area contributed by atoms with Crippen LogP contribution in [0.2, 0.25) is 0 Å². The number of aliphatic hydroxyl groups is 1. The van der Waals surface area contributed by atoms with Crippen LogP contribution in [0.25, 0.3) is 0 Å². The number of rotatable bonds is 8. The first-order valence-corrected chi connectivity index (χ1v) is 9.02. The number of amides is 1. The largest absolute Gasteiger partial charge is 0.394 e. The van der Waals surface area contributed by atoms with Crippen LogP contribution in [0.15, 0.2) is 24.3 Å². The van der Waals surface area contributed by atoms with Gasteiger partial charge in [0.15, 0.2) is 0 Å². The number of benzene rings is 1. The molecule has 0 bridgehead atoms. The molecule has 0 atom stereocenters. The minimum atomic E-state index is -0.264. The number of nitrogens with one attached hydrogen (secondary N) is 2. The molecule has 5 nitrogen and oxygen atoms in total. The Morgan fingerprint density at radius 1 is 1.25 bits per heavy atom. The van der Waals surface area contributed by atoms with E-state index >= 15 is 0 Å². The number of aliphatic hydroxyl groups excluding tert-OH is 1.